The second-order valence-corrected chi connectivity index (χ2v) is 2.87. The molecule has 1 N–H and O–H groups in total. The third kappa shape index (κ3) is 4.84. The quantitative estimate of drug-likeness (QED) is 0.412. The highest BCUT2D eigenvalue weighted by molar-refractivity contribution is 5.42. The normalized spacial score (nSPS) is 10.1. The minimum Gasteiger partial charge on any atom is -0.385 e. The lowest BCUT2D eigenvalue weighted by Crippen LogP contribution is -2.05. The maximum absolute atomic E-state index is 4.88. The van der Waals surface area contributed by atoms with Crippen LogP contribution in [0.2, 0.25) is 0 Å². The zero-order chi connectivity index (χ0) is 10.1. The lowest BCUT2D eigenvalue weighted by molar-refractivity contribution is -0.291. The van der Waals surface area contributed by atoms with E-state index in [1.807, 2.05) is 37.3 Å². The summed E-state index contributed by atoms with van der Waals surface area (Å²) in [5.74, 6) is 0. The van der Waals surface area contributed by atoms with Crippen LogP contribution in [0.25, 0.3) is 0 Å². The van der Waals surface area contributed by atoms with E-state index in [1.54, 1.807) is 0 Å². The van der Waals surface area contributed by atoms with Crippen LogP contribution in [-0.4, -0.2) is 19.8 Å². The van der Waals surface area contributed by atoms with Crippen molar-refractivity contribution in [1.29, 1.82) is 0 Å². The Hall–Kier alpha value is -1.06. The van der Waals surface area contributed by atoms with E-state index in [2.05, 4.69) is 5.32 Å². The van der Waals surface area contributed by atoms with Crippen LogP contribution >= 0.6 is 0 Å². The van der Waals surface area contributed by atoms with Gasteiger partial charge in [-0.05, 0) is 25.5 Å². The number of anilines is 1. The predicted octanol–water partition coefficient (Wildman–Crippen LogP) is 2.46. The van der Waals surface area contributed by atoms with Crippen LogP contribution < -0.4 is 5.32 Å². The first-order valence-corrected chi connectivity index (χ1v) is 4.97. The second-order valence-electron chi connectivity index (χ2n) is 2.87. The van der Waals surface area contributed by atoms with Crippen LogP contribution in [0.1, 0.15) is 13.3 Å². The van der Waals surface area contributed by atoms with Crippen LogP contribution in [0, 0.1) is 0 Å². The molecule has 3 heteroatoms. The first kappa shape index (κ1) is 11.0. The van der Waals surface area contributed by atoms with Gasteiger partial charge >= 0.3 is 0 Å². The molecule has 0 heterocycles. The Labute approximate surface area is 85.0 Å². The van der Waals surface area contributed by atoms with Gasteiger partial charge in [-0.3, -0.25) is 0 Å². The second kappa shape index (κ2) is 7.35. The molecule has 0 amide bonds. The van der Waals surface area contributed by atoms with E-state index in [9.17, 15) is 0 Å². The van der Waals surface area contributed by atoms with Crippen LogP contribution in [-0.2, 0) is 9.78 Å². The molecule has 1 aromatic rings. The lowest BCUT2D eigenvalue weighted by atomic mass is 10.3. The van der Waals surface area contributed by atoms with Gasteiger partial charge < -0.3 is 5.32 Å². The summed E-state index contributed by atoms with van der Waals surface area (Å²) < 4.78 is 0. The van der Waals surface area contributed by atoms with E-state index >= 15 is 0 Å². The molecule has 0 saturated heterocycles. The topological polar surface area (TPSA) is 30.5 Å². The fourth-order valence-corrected chi connectivity index (χ4v) is 1.06. The van der Waals surface area contributed by atoms with Crippen molar-refractivity contribution in [2.75, 3.05) is 25.1 Å². The van der Waals surface area contributed by atoms with E-state index in [4.69, 9.17) is 9.78 Å². The summed E-state index contributed by atoms with van der Waals surface area (Å²) in [4.78, 5) is 9.64. The van der Waals surface area contributed by atoms with Gasteiger partial charge in [-0.1, -0.05) is 18.2 Å². The van der Waals surface area contributed by atoms with Gasteiger partial charge in [0.25, 0.3) is 0 Å². The van der Waals surface area contributed by atoms with Crippen molar-refractivity contribution < 1.29 is 9.78 Å². The van der Waals surface area contributed by atoms with E-state index < -0.39 is 0 Å². The Morgan fingerprint density at radius 1 is 1.14 bits per heavy atom. The van der Waals surface area contributed by atoms with Crippen molar-refractivity contribution in [1.82, 2.24) is 0 Å². The Kier molecular flexibility index (Phi) is 5.79. The predicted molar refractivity (Wildman–Crippen MR) is 57.1 cm³/mol. The van der Waals surface area contributed by atoms with Crippen molar-refractivity contribution in [3.63, 3.8) is 0 Å². The van der Waals surface area contributed by atoms with Crippen LogP contribution in [0.5, 0.6) is 0 Å². The molecular weight excluding hydrogens is 178 g/mol. The number of benzene rings is 1. The number of para-hydroxylation sites is 1. The smallest absolute Gasteiger partial charge is 0.0839 e. The lowest BCUT2D eigenvalue weighted by Gasteiger charge is -2.05. The average Bonchev–Trinajstić information content (AvgIpc) is 2.25. The molecule has 0 aliphatic heterocycles. The Morgan fingerprint density at radius 3 is 2.64 bits per heavy atom. The van der Waals surface area contributed by atoms with E-state index in [-0.39, 0.29) is 0 Å². The highest BCUT2D eigenvalue weighted by Crippen LogP contribution is 2.04. The highest BCUT2D eigenvalue weighted by atomic mass is 17.2. The minimum absolute atomic E-state index is 0.603. The Bertz CT molecular complexity index is 226. The van der Waals surface area contributed by atoms with Crippen molar-refractivity contribution >= 4 is 5.69 Å². The summed E-state index contributed by atoms with van der Waals surface area (Å²) in [6, 6.07) is 10.1. The number of hydrogen-bond donors (Lipinski definition) is 1. The van der Waals surface area contributed by atoms with Crippen LogP contribution in [0.4, 0.5) is 5.69 Å². The molecular formula is C11H17NO2. The van der Waals surface area contributed by atoms with Crippen molar-refractivity contribution in [2.24, 2.45) is 0 Å². The van der Waals surface area contributed by atoms with Crippen LogP contribution in [0.3, 0.4) is 0 Å². The minimum atomic E-state index is 0.603. The summed E-state index contributed by atoms with van der Waals surface area (Å²) in [5.41, 5.74) is 1.14. The number of hydrogen-bond acceptors (Lipinski definition) is 3. The van der Waals surface area contributed by atoms with E-state index in [1.165, 1.54) is 0 Å². The number of rotatable bonds is 7. The summed E-state index contributed by atoms with van der Waals surface area (Å²) in [6.45, 7) is 4.04. The first-order valence-electron chi connectivity index (χ1n) is 4.97. The number of nitrogens with one attached hydrogen (secondary N) is 1. The largest absolute Gasteiger partial charge is 0.385 e. The van der Waals surface area contributed by atoms with Crippen molar-refractivity contribution in [3.05, 3.63) is 30.3 Å². The van der Waals surface area contributed by atoms with Gasteiger partial charge in [-0.15, -0.1) is 0 Å². The molecule has 0 bridgehead atoms. The summed E-state index contributed by atoms with van der Waals surface area (Å²) in [6.07, 6.45) is 0.939. The maximum Gasteiger partial charge on any atom is 0.0839 e. The zero-order valence-electron chi connectivity index (χ0n) is 8.53. The molecule has 0 atom stereocenters. The summed E-state index contributed by atoms with van der Waals surface area (Å²) in [5, 5.41) is 3.29. The SMILES string of the molecule is CCOOCCCNc1ccccc1. The van der Waals surface area contributed by atoms with Gasteiger partial charge in [0.05, 0.1) is 13.2 Å². The molecule has 3 nitrogen and oxygen atoms in total. The fraction of sp³-hybridized carbons (Fsp3) is 0.455. The monoisotopic (exact) mass is 195 g/mol. The highest BCUT2D eigenvalue weighted by Gasteiger charge is 1.90. The summed E-state index contributed by atoms with van der Waals surface area (Å²) >= 11 is 0. The molecule has 0 aliphatic carbocycles. The molecule has 0 radical (unpaired) electrons. The first-order chi connectivity index (χ1) is 6.93. The van der Waals surface area contributed by atoms with Gasteiger partial charge in [0.15, 0.2) is 0 Å². The molecule has 0 spiro atoms. The van der Waals surface area contributed by atoms with Gasteiger partial charge in [0, 0.05) is 12.2 Å². The molecule has 14 heavy (non-hydrogen) atoms. The van der Waals surface area contributed by atoms with Crippen molar-refractivity contribution in [3.8, 4) is 0 Å². The molecule has 0 fully saturated rings. The Balaban J connectivity index is 1.99. The third-order valence-electron chi connectivity index (χ3n) is 1.71. The van der Waals surface area contributed by atoms with Crippen LogP contribution in [0.15, 0.2) is 30.3 Å². The molecule has 0 aliphatic rings. The van der Waals surface area contributed by atoms with Gasteiger partial charge in [0.2, 0.25) is 0 Å². The zero-order valence-corrected chi connectivity index (χ0v) is 8.53. The summed E-state index contributed by atoms with van der Waals surface area (Å²) in [7, 11) is 0. The molecule has 1 rings (SSSR count). The van der Waals surface area contributed by atoms with Crippen molar-refractivity contribution in [2.45, 2.75) is 13.3 Å². The molecule has 0 saturated carbocycles. The average molecular weight is 195 g/mol. The Morgan fingerprint density at radius 2 is 1.93 bits per heavy atom. The fourth-order valence-electron chi connectivity index (χ4n) is 1.06. The molecule has 0 aromatic heterocycles. The van der Waals surface area contributed by atoms with Gasteiger partial charge in [-0.2, -0.15) is 0 Å². The molecule has 78 valence electrons. The van der Waals surface area contributed by atoms with E-state index in [0.29, 0.717) is 13.2 Å². The van der Waals surface area contributed by atoms with E-state index in [0.717, 1.165) is 18.7 Å². The molecule has 1 aromatic carbocycles. The van der Waals surface area contributed by atoms with Gasteiger partial charge in [0.1, 0.15) is 0 Å². The molecule has 0 unspecified atom stereocenters. The third-order valence-corrected chi connectivity index (χ3v) is 1.71. The standard InChI is InChI=1S/C11H17NO2/c1-2-13-14-10-6-9-12-11-7-4-3-5-8-11/h3-5,7-8,12H,2,6,9-10H2,1H3. The maximum atomic E-state index is 4.88. The van der Waals surface area contributed by atoms with Gasteiger partial charge in [-0.25, -0.2) is 9.78 Å².